The number of primary amides is 1. The summed E-state index contributed by atoms with van der Waals surface area (Å²) < 4.78 is 47.4. The van der Waals surface area contributed by atoms with Crippen LogP contribution in [0.3, 0.4) is 0 Å². The van der Waals surface area contributed by atoms with Gasteiger partial charge in [-0.2, -0.15) is 13.2 Å². The number of halogens is 4. The number of alkyl halides is 3. The quantitative estimate of drug-likeness (QED) is 0.487. The first kappa shape index (κ1) is 20.0. The van der Waals surface area contributed by atoms with E-state index < -0.39 is 17.6 Å². The predicted molar refractivity (Wildman–Crippen MR) is 105 cm³/mol. The molecule has 1 aromatic carbocycles. The van der Waals surface area contributed by atoms with Gasteiger partial charge in [0.1, 0.15) is 5.15 Å². The lowest BCUT2D eigenvalue weighted by atomic mass is 10.0. The zero-order valence-electron chi connectivity index (χ0n) is 15.4. The highest BCUT2D eigenvalue weighted by Gasteiger charge is 2.35. The Morgan fingerprint density at radius 1 is 1.17 bits per heavy atom. The van der Waals surface area contributed by atoms with Gasteiger partial charge in [0.25, 0.3) is 0 Å². The molecule has 0 unspecified atom stereocenters. The maximum atomic E-state index is 13.7. The van der Waals surface area contributed by atoms with E-state index in [1.54, 1.807) is 30.3 Å². The van der Waals surface area contributed by atoms with Gasteiger partial charge in [-0.25, -0.2) is 4.98 Å². The summed E-state index contributed by atoms with van der Waals surface area (Å²) in [4.78, 5) is 15.3. The SMILES string of the molecule is NC(=O)Cc1cccc(Cc2nc3c(C(F)(F)F)cc(-c4ccoc4)cn3c2Cl)c1. The number of amides is 1. The normalized spacial score (nSPS) is 11.9. The molecule has 0 fully saturated rings. The lowest BCUT2D eigenvalue weighted by Crippen LogP contribution is -2.13. The summed E-state index contributed by atoms with van der Waals surface area (Å²) in [5.41, 5.74) is 6.61. The van der Waals surface area contributed by atoms with E-state index in [4.69, 9.17) is 21.8 Å². The van der Waals surface area contributed by atoms with Crippen molar-refractivity contribution in [3.8, 4) is 11.1 Å². The molecule has 9 heteroatoms. The summed E-state index contributed by atoms with van der Waals surface area (Å²) in [5.74, 6) is -0.473. The van der Waals surface area contributed by atoms with Gasteiger partial charge in [0, 0.05) is 23.7 Å². The minimum absolute atomic E-state index is 0.0685. The molecular formula is C21H15ClF3N3O2. The molecule has 0 aliphatic carbocycles. The summed E-state index contributed by atoms with van der Waals surface area (Å²) in [6.07, 6.45) is -0.110. The first-order chi connectivity index (χ1) is 14.2. The van der Waals surface area contributed by atoms with E-state index in [2.05, 4.69) is 4.98 Å². The van der Waals surface area contributed by atoms with E-state index in [-0.39, 0.29) is 23.6 Å². The molecule has 154 valence electrons. The molecule has 0 aliphatic rings. The van der Waals surface area contributed by atoms with Crippen molar-refractivity contribution < 1.29 is 22.4 Å². The fourth-order valence-corrected chi connectivity index (χ4v) is 3.55. The van der Waals surface area contributed by atoms with Gasteiger partial charge in [-0.1, -0.05) is 35.9 Å². The Kier molecular flexibility index (Phi) is 5.03. The van der Waals surface area contributed by atoms with Crippen molar-refractivity contribution in [1.29, 1.82) is 0 Å². The highest BCUT2D eigenvalue weighted by molar-refractivity contribution is 6.30. The number of benzene rings is 1. The van der Waals surface area contributed by atoms with Crippen LogP contribution in [0.25, 0.3) is 16.8 Å². The third-order valence-corrected chi connectivity index (χ3v) is 5.03. The van der Waals surface area contributed by atoms with Crippen molar-refractivity contribution in [1.82, 2.24) is 9.38 Å². The summed E-state index contributed by atoms with van der Waals surface area (Å²) in [6, 6.07) is 9.63. The number of imidazole rings is 1. The zero-order valence-corrected chi connectivity index (χ0v) is 16.2. The first-order valence-electron chi connectivity index (χ1n) is 8.89. The lowest BCUT2D eigenvalue weighted by Gasteiger charge is -2.10. The first-order valence-corrected chi connectivity index (χ1v) is 9.26. The number of carbonyl (C=O) groups excluding carboxylic acids is 1. The number of rotatable bonds is 5. The Morgan fingerprint density at radius 2 is 1.93 bits per heavy atom. The molecule has 0 saturated heterocycles. The van der Waals surface area contributed by atoms with Crippen LogP contribution in [0.5, 0.6) is 0 Å². The second kappa shape index (κ2) is 7.53. The average Bonchev–Trinajstić information content (AvgIpc) is 3.29. The Labute approximate surface area is 173 Å². The standard InChI is InChI=1S/C21H15ClF3N3O2/c22-19-17(7-12-2-1-3-13(6-12)8-18(26)29)27-20-16(21(23,24)25)9-15(10-28(19)20)14-4-5-30-11-14/h1-6,9-11H,7-8H2,(H2,26,29). The summed E-state index contributed by atoms with van der Waals surface area (Å²) >= 11 is 6.42. The van der Waals surface area contributed by atoms with Crippen LogP contribution in [-0.2, 0) is 23.8 Å². The molecule has 3 heterocycles. The van der Waals surface area contributed by atoms with Gasteiger partial charge in [-0.3, -0.25) is 9.20 Å². The third-order valence-electron chi connectivity index (χ3n) is 4.63. The Balaban J connectivity index is 1.81. The minimum Gasteiger partial charge on any atom is -0.472 e. The zero-order chi connectivity index (χ0) is 21.5. The monoisotopic (exact) mass is 433 g/mol. The van der Waals surface area contributed by atoms with E-state index in [1.807, 2.05) is 0 Å². The van der Waals surface area contributed by atoms with E-state index in [1.165, 1.54) is 23.1 Å². The van der Waals surface area contributed by atoms with Gasteiger partial charge in [0.15, 0.2) is 5.65 Å². The summed E-state index contributed by atoms with van der Waals surface area (Å²) in [5, 5.41) is 0.0844. The largest absolute Gasteiger partial charge is 0.472 e. The maximum Gasteiger partial charge on any atom is 0.420 e. The van der Waals surface area contributed by atoms with Crippen LogP contribution >= 0.6 is 11.6 Å². The number of pyridine rings is 1. The summed E-state index contributed by atoms with van der Waals surface area (Å²) in [7, 11) is 0. The van der Waals surface area contributed by atoms with Gasteiger partial charge in [0.2, 0.25) is 5.91 Å². The molecule has 4 rings (SSSR count). The molecule has 0 bridgehead atoms. The lowest BCUT2D eigenvalue weighted by molar-refractivity contribution is -0.136. The highest BCUT2D eigenvalue weighted by Crippen LogP contribution is 2.37. The fraction of sp³-hybridized carbons (Fsp3) is 0.143. The van der Waals surface area contributed by atoms with E-state index in [0.717, 1.165) is 11.6 Å². The third kappa shape index (κ3) is 3.91. The van der Waals surface area contributed by atoms with Crippen molar-refractivity contribution >= 4 is 23.2 Å². The van der Waals surface area contributed by atoms with Crippen LogP contribution in [0.4, 0.5) is 13.2 Å². The average molecular weight is 434 g/mol. The van der Waals surface area contributed by atoms with E-state index >= 15 is 0 Å². The minimum atomic E-state index is -4.62. The number of hydrogen-bond acceptors (Lipinski definition) is 3. The topological polar surface area (TPSA) is 73.5 Å². The fourth-order valence-electron chi connectivity index (χ4n) is 3.32. The van der Waals surface area contributed by atoms with Gasteiger partial charge in [0.05, 0.1) is 30.2 Å². The van der Waals surface area contributed by atoms with E-state index in [0.29, 0.717) is 22.4 Å². The number of furan rings is 1. The number of aromatic nitrogens is 2. The summed E-state index contributed by atoms with van der Waals surface area (Å²) in [6.45, 7) is 0. The second-order valence-corrected chi connectivity index (χ2v) is 7.19. The predicted octanol–water partition coefficient (Wildman–Crippen LogP) is 4.89. The molecule has 2 N–H and O–H groups in total. The molecule has 1 amide bonds. The Bertz CT molecular complexity index is 1230. The van der Waals surface area contributed by atoms with Crippen molar-refractivity contribution in [2.24, 2.45) is 5.73 Å². The van der Waals surface area contributed by atoms with Crippen LogP contribution in [0.15, 0.2) is 59.5 Å². The Morgan fingerprint density at radius 3 is 2.60 bits per heavy atom. The number of hydrogen-bond donors (Lipinski definition) is 1. The number of carbonyl (C=O) groups is 1. The van der Waals surface area contributed by atoms with Gasteiger partial charge < -0.3 is 10.2 Å². The van der Waals surface area contributed by atoms with Crippen LogP contribution < -0.4 is 5.73 Å². The number of fused-ring (bicyclic) bond motifs is 1. The van der Waals surface area contributed by atoms with Crippen molar-refractivity contribution in [2.45, 2.75) is 19.0 Å². The second-order valence-electron chi connectivity index (χ2n) is 6.83. The van der Waals surface area contributed by atoms with Gasteiger partial charge >= 0.3 is 6.18 Å². The molecular weight excluding hydrogens is 419 g/mol. The van der Waals surface area contributed by atoms with Gasteiger partial charge in [-0.15, -0.1) is 0 Å². The Hall–Kier alpha value is -3.26. The van der Waals surface area contributed by atoms with E-state index in [9.17, 15) is 18.0 Å². The highest BCUT2D eigenvalue weighted by atomic mass is 35.5. The molecule has 0 aliphatic heterocycles. The number of nitrogens with two attached hydrogens (primary N) is 1. The van der Waals surface area contributed by atoms with Crippen molar-refractivity contribution in [3.63, 3.8) is 0 Å². The molecule has 0 saturated carbocycles. The molecule has 5 nitrogen and oxygen atoms in total. The van der Waals surface area contributed by atoms with Crippen molar-refractivity contribution in [3.05, 3.63) is 82.7 Å². The van der Waals surface area contributed by atoms with Crippen LogP contribution in [0, 0.1) is 0 Å². The molecule has 0 spiro atoms. The molecule has 0 radical (unpaired) electrons. The number of nitrogens with zero attached hydrogens (tertiary/aromatic N) is 2. The maximum absolute atomic E-state index is 13.7. The molecule has 30 heavy (non-hydrogen) atoms. The smallest absolute Gasteiger partial charge is 0.420 e. The molecule has 4 aromatic rings. The molecule has 0 atom stereocenters. The van der Waals surface area contributed by atoms with Crippen LogP contribution in [0.1, 0.15) is 22.4 Å². The molecule has 3 aromatic heterocycles. The van der Waals surface area contributed by atoms with Crippen LogP contribution in [-0.4, -0.2) is 15.3 Å². The van der Waals surface area contributed by atoms with Gasteiger partial charge in [-0.05, 0) is 23.3 Å². The van der Waals surface area contributed by atoms with Crippen molar-refractivity contribution in [2.75, 3.05) is 0 Å². The van der Waals surface area contributed by atoms with Crippen LogP contribution in [0.2, 0.25) is 5.15 Å².